The number of aromatic nitrogens is 2. The Labute approximate surface area is 96.7 Å². The first-order valence-electron chi connectivity index (χ1n) is 6.39. The lowest BCUT2D eigenvalue weighted by atomic mass is 10.0. The summed E-state index contributed by atoms with van der Waals surface area (Å²) in [6.45, 7) is 4.44. The van der Waals surface area contributed by atoms with Gasteiger partial charge in [-0.1, -0.05) is 0 Å². The Hall–Kier alpha value is -0.960. The largest absolute Gasteiger partial charge is 0.316 e. The molecule has 0 saturated carbocycles. The summed E-state index contributed by atoms with van der Waals surface area (Å²) in [6.07, 6.45) is 5.95. The highest BCUT2D eigenvalue weighted by Gasteiger charge is 2.20. The molecule has 1 atom stereocenters. The van der Waals surface area contributed by atoms with Crippen LogP contribution in [0, 0.1) is 12.8 Å². The van der Waals surface area contributed by atoms with E-state index in [9.17, 15) is 0 Å². The first-order valence-corrected chi connectivity index (χ1v) is 6.39. The Balaban J connectivity index is 1.82. The molecule has 0 aromatic carbocycles. The molecule has 0 amide bonds. The highest BCUT2D eigenvalue weighted by atomic mass is 14.9. The van der Waals surface area contributed by atoms with E-state index in [0.717, 1.165) is 37.7 Å². The number of nitrogens with zero attached hydrogens (tertiary/aromatic N) is 2. The minimum atomic E-state index is 0.749. The number of hydrogen-bond donors (Lipinski definition) is 1. The fourth-order valence-electron chi connectivity index (χ4n) is 2.92. The molecular formula is C13H19N3. The molecule has 1 aliphatic carbocycles. The average Bonchev–Trinajstić information content (AvgIpc) is 2.87. The molecule has 0 radical (unpaired) electrons. The molecule has 0 spiro atoms. The van der Waals surface area contributed by atoms with Crippen molar-refractivity contribution >= 4 is 0 Å². The third-order valence-corrected chi connectivity index (χ3v) is 3.82. The highest BCUT2D eigenvalue weighted by molar-refractivity contribution is 5.29. The molecule has 3 nitrogen and oxygen atoms in total. The van der Waals surface area contributed by atoms with Crippen molar-refractivity contribution in [2.45, 2.75) is 39.0 Å². The molecule has 1 unspecified atom stereocenters. The standard InChI is InChI=1S/C13H19N3/c1-9-11-3-2-4-12(11)16-13(15-9)7-10-5-6-14-8-10/h10,14H,2-8H2,1H3. The van der Waals surface area contributed by atoms with Crippen molar-refractivity contribution in [1.82, 2.24) is 15.3 Å². The topological polar surface area (TPSA) is 37.8 Å². The first-order chi connectivity index (χ1) is 7.83. The van der Waals surface area contributed by atoms with Gasteiger partial charge < -0.3 is 5.32 Å². The number of hydrogen-bond acceptors (Lipinski definition) is 3. The van der Waals surface area contributed by atoms with Crippen molar-refractivity contribution in [2.75, 3.05) is 13.1 Å². The van der Waals surface area contributed by atoms with Crippen LogP contribution in [0.15, 0.2) is 0 Å². The maximum atomic E-state index is 4.74. The summed E-state index contributed by atoms with van der Waals surface area (Å²) in [5.74, 6) is 1.82. The minimum Gasteiger partial charge on any atom is -0.316 e. The summed E-state index contributed by atoms with van der Waals surface area (Å²) in [7, 11) is 0. The van der Waals surface area contributed by atoms with Crippen LogP contribution in [-0.4, -0.2) is 23.1 Å². The van der Waals surface area contributed by atoms with E-state index in [1.165, 1.54) is 36.2 Å². The minimum absolute atomic E-state index is 0.749. The van der Waals surface area contributed by atoms with E-state index in [1.807, 2.05) is 0 Å². The number of fused-ring (bicyclic) bond motifs is 1. The van der Waals surface area contributed by atoms with Gasteiger partial charge in [-0.25, -0.2) is 9.97 Å². The molecule has 1 fully saturated rings. The van der Waals surface area contributed by atoms with Crippen molar-refractivity contribution in [3.8, 4) is 0 Å². The van der Waals surface area contributed by atoms with Crippen LogP contribution >= 0.6 is 0 Å². The van der Waals surface area contributed by atoms with Crippen molar-refractivity contribution in [1.29, 1.82) is 0 Å². The van der Waals surface area contributed by atoms with Gasteiger partial charge in [0.15, 0.2) is 0 Å². The van der Waals surface area contributed by atoms with E-state index in [1.54, 1.807) is 0 Å². The molecule has 2 aliphatic rings. The molecule has 3 rings (SSSR count). The molecule has 1 aliphatic heterocycles. The lowest BCUT2D eigenvalue weighted by Crippen LogP contribution is -2.13. The van der Waals surface area contributed by atoms with E-state index in [0.29, 0.717) is 0 Å². The van der Waals surface area contributed by atoms with Gasteiger partial charge in [0, 0.05) is 17.8 Å². The van der Waals surface area contributed by atoms with Crippen molar-refractivity contribution in [3.05, 3.63) is 22.8 Å². The Bertz CT molecular complexity index is 394. The first kappa shape index (κ1) is 10.2. The number of rotatable bonds is 2. The zero-order valence-corrected chi connectivity index (χ0v) is 9.92. The summed E-state index contributed by atoms with van der Waals surface area (Å²) in [6, 6.07) is 0. The van der Waals surface area contributed by atoms with E-state index >= 15 is 0 Å². The molecule has 2 heterocycles. The molecule has 86 valence electrons. The fourth-order valence-corrected chi connectivity index (χ4v) is 2.92. The summed E-state index contributed by atoms with van der Waals surface area (Å²) >= 11 is 0. The summed E-state index contributed by atoms with van der Waals surface area (Å²) in [5, 5.41) is 3.40. The van der Waals surface area contributed by atoms with Crippen molar-refractivity contribution in [2.24, 2.45) is 5.92 Å². The van der Waals surface area contributed by atoms with Gasteiger partial charge in [-0.3, -0.25) is 0 Å². The van der Waals surface area contributed by atoms with Gasteiger partial charge in [0.25, 0.3) is 0 Å². The Morgan fingerprint density at radius 3 is 3.06 bits per heavy atom. The molecule has 1 aromatic rings. The lowest BCUT2D eigenvalue weighted by Gasteiger charge is -2.10. The van der Waals surface area contributed by atoms with Crippen LogP contribution < -0.4 is 5.32 Å². The smallest absolute Gasteiger partial charge is 0.129 e. The number of aryl methyl sites for hydroxylation is 2. The lowest BCUT2D eigenvalue weighted by molar-refractivity contribution is 0.558. The van der Waals surface area contributed by atoms with Gasteiger partial charge in [-0.15, -0.1) is 0 Å². The van der Waals surface area contributed by atoms with Crippen LogP contribution in [0.5, 0.6) is 0 Å². The second kappa shape index (κ2) is 4.13. The molecular weight excluding hydrogens is 198 g/mol. The van der Waals surface area contributed by atoms with Crippen molar-refractivity contribution < 1.29 is 0 Å². The van der Waals surface area contributed by atoms with E-state index in [2.05, 4.69) is 17.2 Å². The average molecular weight is 217 g/mol. The van der Waals surface area contributed by atoms with Gasteiger partial charge in [0.05, 0.1) is 0 Å². The van der Waals surface area contributed by atoms with Crippen molar-refractivity contribution in [3.63, 3.8) is 0 Å². The van der Waals surface area contributed by atoms with Gasteiger partial charge in [-0.2, -0.15) is 0 Å². The Kier molecular flexibility index (Phi) is 2.64. The Morgan fingerprint density at radius 2 is 2.25 bits per heavy atom. The van der Waals surface area contributed by atoms with Crippen LogP contribution in [0.3, 0.4) is 0 Å². The monoisotopic (exact) mass is 217 g/mol. The summed E-state index contributed by atoms with van der Waals surface area (Å²) in [4.78, 5) is 9.41. The van der Waals surface area contributed by atoms with E-state index < -0.39 is 0 Å². The third kappa shape index (κ3) is 1.84. The predicted molar refractivity (Wildman–Crippen MR) is 63.5 cm³/mol. The summed E-state index contributed by atoms with van der Waals surface area (Å²) in [5.41, 5.74) is 3.98. The SMILES string of the molecule is Cc1nc(CC2CCNC2)nc2c1CCC2. The van der Waals surface area contributed by atoms with E-state index in [4.69, 9.17) is 4.98 Å². The molecule has 1 N–H and O–H groups in total. The third-order valence-electron chi connectivity index (χ3n) is 3.82. The molecule has 1 aromatic heterocycles. The van der Waals surface area contributed by atoms with E-state index in [-0.39, 0.29) is 0 Å². The normalized spacial score (nSPS) is 23.7. The van der Waals surface area contributed by atoms with Crippen LogP contribution in [0.1, 0.15) is 35.6 Å². The molecule has 0 bridgehead atoms. The quantitative estimate of drug-likeness (QED) is 0.814. The van der Waals surface area contributed by atoms with Gasteiger partial charge in [0.1, 0.15) is 5.82 Å². The second-order valence-corrected chi connectivity index (χ2v) is 5.07. The maximum absolute atomic E-state index is 4.74. The predicted octanol–water partition coefficient (Wildman–Crippen LogP) is 1.43. The van der Waals surface area contributed by atoms with Gasteiger partial charge in [-0.05, 0) is 57.2 Å². The Morgan fingerprint density at radius 1 is 1.31 bits per heavy atom. The van der Waals surface area contributed by atoms with Gasteiger partial charge >= 0.3 is 0 Å². The summed E-state index contributed by atoms with van der Waals surface area (Å²) < 4.78 is 0. The van der Waals surface area contributed by atoms with Crippen LogP contribution in [0.4, 0.5) is 0 Å². The van der Waals surface area contributed by atoms with Gasteiger partial charge in [0.2, 0.25) is 0 Å². The zero-order chi connectivity index (χ0) is 11.0. The van der Waals surface area contributed by atoms with Crippen LogP contribution in [0.2, 0.25) is 0 Å². The van der Waals surface area contributed by atoms with Crippen LogP contribution in [0.25, 0.3) is 0 Å². The maximum Gasteiger partial charge on any atom is 0.129 e. The molecule has 3 heteroatoms. The fraction of sp³-hybridized carbons (Fsp3) is 0.692. The number of nitrogens with one attached hydrogen (secondary N) is 1. The zero-order valence-electron chi connectivity index (χ0n) is 9.92. The molecule has 1 saturated heterocycles. The van der Waals surface area contributed by atoms with Crippen LogP contribution in [-0.2, 0) is 19.3 Å². The second-order valence-electron chi connectivity index (χ2n) is 5.07. The molecule has 16 heavy (non-hydrogen) atoms. The highest BCUT2D eigenvalue weighted by Crippen LogP contribution is 2.23.